The van der Waals surface area contributed by atoms with Crippen LogP contribution in [0, 0.1) is 0 Å². The minimum atomic E-state index is 0.710. The van der Waals surface area contributed by atoms with Gasteiger partial charge in [0.2, 0.25) is 0 Å². The average Bonchev–Trinajstić information content (AvgIpc) is 2.63. The van der Waals surface area contributed by atoms with Crippen molar-refractivity contribution in [3.63, 3.8) is 0 Å². The number of anilines is 3. The molecule has 26 heavy (non-hydrogen) atoms. The Balaban J connectivity index is 2.12. The molecule has 0 aliphatic rings. The van der Waals surface area contributed by atoms with Crippen molar-refractivity contribution in [2.75, 3.05) is 31.7 Å². The number of nitrogen functional groups attached to an aromatic ring is 1. The summed E-state index contributed by atoms with van der Waals surface area (Å²) >= 11 is 6.49. The number of rotatable bonds is 6. The van der Waals surface area contributed by atoms with Crippen molar-refractivity contribution in [2.45, 2.75) is 6.42 Å². The molecule has 0 spiro atoms. The number of benzene rings is 3. The molecular weight excluding hydrogens is 342 g/mol. The summed E-state index contributed by atoms with van der Waals surface area (Å²) in [5.41, 5.74) is 12.4. The quantitative estimate of drug-likeness (QED) is 0.572. The van der Waals surface area contributed by atoms with Gasteiger partial charge in [-0.15, -0.1) is 0 Å². The molecule has 3 N–H and O–H groups in total. The average molecular weight is 366 g/mol. The summed E-state index contributed by atoms with van der Waals surface area (Å²) in [5, 5.41) is 4.25. The molecule has 0 heterocycles. The monoisotopic (exact) mass is 365 g/mol. The molecule has 0 aliphatic heterocycles. The molecule has 0 unspecified atom stereocenters. The lowest BCUT2D eigenvalue weighted by Gasteiger charge is -2.21. The van der Waals surface area contributed by atoms with Crippen LogP contribution in [0.2, 0.25) is 5.02 Å². The van der Waals surface area contributed by atoms with Gasteiger partial charge >= 0.3 is 0 Å². The highest BCUT2D eigenvalue weighted by atomic mass is 35.5. The van der Waals surface area contributed by atoms with E-state index in [4.69, 9.17) is 17.3 Å². The summed E-state index contributed by atoms with van der Waals surface area (Å²) in [6, 6.07) is 22.0. The highest BCUT2D eigenvalue weighted by molar-refractivity contribution is 6.33. The summed E-state index contributed by atoms with van der Waals surface area (Å²) in [7, 11) is 4.15. The Morgan fingerprint density at radius 1 is 0.923 bits per heavy atom. The van der Waals surface area contributed by atoms with E-state index in [1.807, 2.05) is 54.6 Å². The van der Waals surface area contributed by atoms with Gasteiger partial charge in [-0.3, -0.25) is 0 Å². The Kier molecular flexibility index (Phi) is 5.82. The molecule has 0 fully saturated rings. The van der Waals surface area contributed by atoms with Gasteiger partial charge in [-0.05, 0) is 56.4 Å². The molecule has 0 atom stereocenters. The van der Waals surface area contributed by atoms with Crippen molar-refractivity contribution in [1.82, 2.24) is 4.90 Å². The zero-order chi connectivity index (χ0) is 18.5. The summed E-state index contributed by atoms with van der Waals surface area (Å²) in [5.74, 6) is 0. The first kappa shape index (κ1) is 18.3. The van der Waals surface area contributed by atoms with Crippen molar-refractivity contribution < 1.29 is 0 Å². The van der Waals surface area contributed by atoms with Crippen LogP contribution in [0.5, 0.6) is 0 Å². The molecule has 0 bridgehead atoms. The molecule has 3 aromatic carbocycles. The predicted octanol–water partition coefficient (Wildman–Crippen LogP) is 5.44. The van der Waals surface area contributed by atoms with E-state index in [-0.39, 0.29) is 0 Å². The SMILES string of the molecule is CN(C)CCc1c(Nc2ccccc2)ccc(N)c1-c1ccccc1Cl. The summed E-state index contributed by atoms with van der Waals surface area (Å²) < 4.78 is 0. The lowest BCUT2D eigenvalue weighted by atomic mass is 9.94. The van der Waals surface area contributed by atoms with Crippen molar-refractivity contribution in [3.05, 3.63) is 77.3 Å². The molecule has 0 amide bonds. The Bertz CT molecular complexity index is 876. The fourth-order valence-electron chi connectivity index (χ4n) is 3.04. The molecular formula is C22H24ClN3. The summed E-state index contributed by atoms with van der Waals surface area (Å²) in [4.78, 5) is 2.17. The van der Waals surface area contributed by atoms with Crippen LogP contribution in [0.25, 0.3) is 11.1 Å². The standard InChI is InChI=1S/C22H24ClN3/c1-26(2)15-14-18-21(25-16-8-4-3-5-9-16)13-12-20(24)22(18)17-10-6-7-11-19(17)23/h3-13,25H,14-15,24H2,1-2H3. The lowest BCUT2D eigenvalue weighted by molar-refractivity contribution is 0.414. The topological polar surface area (TPSA) is 41.3 Å². The normalized spacial score (nSPS) is 10.9. The third kappa shape index (κ3) is 4.18. The van der Waals surface area contributed by atoms with Gasteiger partial charge in [0.15, 0.2) is 0 Å². The first-order valence-electron chi connectivity index (χ1n) is 8.69. The van der Waals surface area contributed by atoms with E-state index in [2.05, 4.69) is 36.4 Å². The fraction of sp³-hybridized carbons (Fsp3) is 0.182. The van der Waals surface area contributed by atoms with Crippen LogP contribution in [0.15, 0.2) is 66.7 Å². The van der Waals surface area contributed by atoms with E-state index < -0.39 is 0 Å². The summed E-state index contributed by atoms with van der Waals surface area (Å²) in [6.45, 7) is 0.921. The summed E-state index contributed by atoms with van der Waals surface area (Å²) in [6.07, 6.45) is 0.869. The first-order valence-corrected chi connectivity index (χ1v) is 9.07. The number of hydrogen-bond donors (Lipinski definition) is 2. The van der Waals surface area contributed by atoms with E-state index >= 15 is 0 Å². The zero-order valence-corrected chi connectivity index (χ0v) is 15.9. The number of nitrogens with two attached hydrogens (primary N) is 1. The van der Waals surface area contributed by atoms with E-state index in [1.54, 1.807) is 0 Å². The number of halogens is 1. The first-order chi connectivity index (χ1) is 12.6. The molecule has 134 valence electrons. The van der Waals surface area contributed by atoms with Crippen LogP contribution in [0.3, 0.4) is 0 Å². The minimum absolute atomic E-state index is 0.710. The molecule has 4 heteroatoms. The Hall–Kier alpha value is -2.49. The van der Waals surface area contributed by atoms with Crippen molar-refractivity contribution in [1.29, 1.82) is 0 Å². The fourth-order valence-corrected chi connectivity index (χ4v) is 3.27. The third-order valence-electron chi connectivity index (χ3n) is 4.35. The van der Waals surface area contributed by atoms with Crippen LogP contribution in [-0.2, 0) is 6.42 Å². The van der Waals surface area contributed by atoms with Gasteiger partial charge in [-0.25, -0.2) is 0 Å². The largest absolute Gasteiger partial charge is 0.398 e. The third-order valence-corrected chi connectivity index (χ3v) is 4.68. The van der Waals surface area contributed by atoms with Crippen molar-refractivity contribution in [2.24, 2.45) is 0 Å². The molecule has 0 saturated carbocycles. The Morgan fingerprint density at radius 2 is 1.62 bits per heavy atom. The van der Waals surface area contributed by atoms with Crippen molar-refractivity contribution >= 4 is 28.7 Å². The zero-order valence-electron chi connectivity index (χ0n) is 15.2. The van der Waals surface area contributed by atoms with Gasteiger partial charge in [0.05, 0.1) is 0 Å². The lowest BCUT2D eigenvalue weighted by Crippen LogP contribution is -2.16. The van der Waals surface area contributed by atoms with Gasteiger partial charge in [0, 0.05) is 39.8 Å². The molecule has 0 radical (unpaired) electrons. The maximum Gasteiger partial charge on any atom is 0.0485 e. The second-order valence-corrected chi connectivity index (χ2v) is 6.99. The number of para-hydroxylation sites is 1. The molecule has 3 aromatic rings. The second kappa shape index (κ2) is 8.26. The van der Waals surface area contributed by atoms with Gasteiger partial charge < -0.3 is 16.0 Å². The smallest absolute Gasteiger partial charge is 0.0485 e. The van der Waals surface area contributed by atoms with E-state index in [1.165, 1.54) is 5.56 Å². The number of nitrogens with one attached hydrogen (secondary N) is 1. The number of nitrogens with zero attached hydrogens (tertiary/aromatic N) is 1. The van der Waals surface area contributed by atoms with Gasteiger partial charge in [-0.1, -0.05) is 48.0 Å². The van der Waals surface area contributed by atoms with Crippen LogP contribution in [-0.4, -0.2) is 25.5 Å². The second-order valence-electron chi connectivity index (χ2n) is 6.58. The van der Waals surface area contributed by atoms with E-state index in [0.29, 0.717) is 5.02 Å². The molecule has 3 nitrogen and oxygen atoms in total. The van der Waals surface area contributed by atoms with Gasteiger partial charge in [0.1, 0.15) is 0 Å². The number of hydrogen-bond acceptors (Lipinski definition) is 3. The molecule has 0 saturated heterocycles. The number of likely N-dealkylation sites (N-methyl/N-ethyl adjacent to an activating group) is 1. The van der Waals surface area contributed by atoms with Crippen LogP contribution >= 0.6 is 11.6 Å². The maximum absolute atomic E-state index is 6.49. The van der Waals surface area contributed by atoms with E-state index in [0.717, 1.165) is 41.2 Å². The van der Waals surface area contributed by atoms with Crippen molar-refractivity contribution in [3.8, 4) is 11.1 Å². The minimum Gasteiger partial charge on any atom is -0.398 e. The maximum atomic E-state index is 6.49. The van der Waals surface area contributed by atoms with Gasteiger partial charge in [0.25, 0.3) is 0 Å². The highest BCUT2D eigenvalue weighted by Gasteiger charge is 2.16. The molecule has 0 aromatic heterocycles. The predicted molar refractivity (Wildman–Crippen MR) is 113 cm³/mol. The van der Waals surface area contributed by atoms with E-state index in [9.17, 15) is 0 Å². The van der Waals surface area contributed by atoms with Crippen LogP contribution in [0.1, 0.15) is 5.56 Å². The highest BCUT2D eigenvalue weighted by Crippen LogP contribution is 2.39. The van der Waals surface area contributed by atoms with Gasteiger partial charge in [-0.2, -0.15) is 0 Å². The molecule has 0 aliphatic carbocycles. The van der Waals surface area contributed by atoms with Crippen LogP contribution in [0.4, 0.5) is 17.1 Å². The van der Waals surface area contributed by atoms with Crippen LogP contribution < -0.4 is 11.1 Å². The Labute approximate surface area is 160 Å². The molecule has 3 rings (SSSR count). The Morgan fingerprint density at radius 3 is 2.31 bits per heavy atom.